The van der Waals surface area contributed by atoms with E-state index in [0.717, 1.165) is 9.56 Å². The predicted molar refractivity (Wildman–Crippen MR) is 113 cm³/mol. The number of anilines is 2. The highest BCUT2D eigenvalue weighted by Gasteiger charge is 2.48. The topological polar surface area (TPSA) is 79.2 Å². The SMILES string of the molecule is C[C@H](O)c1cccc(NC(=O)c2nn3c(c2Cl)N[C@@H](c2cccs2)C[C@H]3C(F)(F)F)c1. The van der Waals surface area contributed by atoms with Gasteiger partial charge in [0.15, 0.2) is 11.7 Å². The standard InChI is InChI=1S/C20H18ClF3N4O2S/c1-10(29)11-4-2-5-12(8-11)25-19(30)17-16(21)18-26-13(14-6-3-7-31-14)9-15(20(22,23)24)28(18)27-17/h2-8,10,13,15,26,29H,9H2,1H3,(H,25,30)/t10-,13+,15-/m0/s1. The van der Waals surface area contributed by atoms with Gasteiger partial charge in [0.25, 0.3) is 5.91 Å². The molecule has 0 aliphatic carbocycles. The van der Waals surface area contributed by atoms with Crippen molar-refractivity contribution in [2.24, 2.45) is 0 Å². The summed E-state index contributed by atoms with van der Waals surface area (Å²) in [4.78, 5) is 13.5. The zero-order valence-corrected chi connectivity index (χ0v) is 17.7. The Morgan fingerprint density at radius 1 is 1.39 bits per heavy atom. The first-order chi connectivity index (χ1) is 14.6. The summed E-state index contributed by atoms with van der Waals surface area (Å²) in [7, 11) is 0. The van der Waals surface area contributed by atoms with Gasteiger partial charge in [0.1, 0.15) is 10.8 Å². The lowest BCUT2D eigenvalue weighted by molar-refractivity contribution is -0.173. The van der Waals surface area contributed by atoms with Crippen LogP contribution in [0, 0.1) is 0 Å². The minimum Gasteiger partial charge on any atom is -0.389 e. The van der Waals surface area contributed by atoms with Gasteiger partial charge >= 0.3 is 6.18 Å². The summed E-state index contributed by atoms with van der Waals surface area (Å²) >= 11 is 7.66. The van der Waals surface area contributed by atoms with Crippen molar-refractivity contribution in [3.05, 3.63) is 62.9 Å². The van der Waals surface area contributed by atoms with Crippen LogP contribution in [0.15, 0.2) is 41.8 Å². The van der Waals surface area contributed by atoms with Crippen LogP contribution in [0.25, 0.3) is 0 Å². The molecule has 2 aromatic heterocycles. The summed E-state index contributed by atoms with van der Waals surface area (Å²) in [5.41, 5.74) is 0.626. The van der Waals surface area contributed by atoms with Crippen LogP contribution < -0.4 is 10.6 Å². The van der Waals surface area contributed by atoms with Crippen molar-refractivity contribution in [1.29, 1.82) is 0 Å². The molecule has 3 N–H and O–H groups in total. The van der Waals surface area contributed by atoms with E-state index in [1.807, 2.05) is 0 Å². The monoisotopic (exact) mass is 470 g/mol. The number of thiophene rings is 1. The zero-order valence-electron chi connectivity index (χ0n) is 16.2. The van der Waals surface area contributed by atoms with Gasteiger partial charge in [0.05, 0.1) is 12.1 Å². The highest BCUT2D eigenvalue weighted by Crippen LogP contribution is 2.46. The third-order valence-corrected chi connectivity index (χ3v) is 6.37. The quantitative estimate of drug-likeness (QED) is 0.466. The molecule has 1 aliphatic heterocycles. The van der Waals surface area contributed by atoms with Crippen molar-refractivity contribution >= 4 is 40.4 Å². The molecule has 1 aromatic carbocycles. The number of nitrogens with zero attached hydrogens (tertiary/aromatic N) is 2. The van der Waals surface area contributed by atoms with Gasteiger partial charge in [0, 0.05) is 17.0 Å². The molecule has 4 rings (SSSR count). The molecule has 0 bridgehead atoms. The maximum absolute atomic E-state index is 13.8. The van der Waals surface area contributed by atoms with Gasteiger partial charge in [-0.25, -0.2) is 4.68 Å². The average Bonchev–Trinajstić information content (AvgIpc) is 3.35. The first kappa shape index (κ1) is 21.7. The molecular weight excluding hydrogens is 453 g/mol. The van der Waals surface area contributed by atoms with Gasteiger partial charge in [-0.3, -0.25) is 4.79 Å². The van der Waals surface area contributed by atoms with Crippen molar-refractivity contribution in [2.75, 3.05) is 10.6 Å². The second-order valence-corrected chi connectivity index (χ2v) is 8.57. The van der Waals surface area contributed by atoms with Gasteiger partial charge in [0.2, 0.25) is 0 Å². The molecule has 0 fully saturated rings. The van der Waals surface area contributed by atoms with Crippen molar-refractivity contribution in [3.8, 4) is 0 Å². The summed E-state index contributed by atoms with van der Waals surface area (Å²) in [5, 5.41) is 20.8. The van der Waals surface area contributed by atoms with E-state index in [4.69, 9.17) is 11.6 Å². The third kappa shape index (κ3) is 4.28. The van der Waals surface area contributed by atoms with E-state index in [-0.39, 0.29) is 23.0 Å². The van der Waals surface area contributed by atoms with Crippen LogP contribution >= 0.6 is 22.9 Å². The Balaban J connectivity index is 1.67. The Morgan fingerprint density at radius 2 is 2.16 bits per heavy atom. The molecule has 3 heterocycles. The van der Waals surface area contributed by atoms with Crippen LogP contribution in [0.1, 0.15) is 52.5 Å². The number of hydrogen-bond acceptors (Lipinski definition) is 5. The lowest BCUT2D eigenvalue weighted by Gasteiger charge is -2.32. The molecule has 164 valence electrons. The van der Waals surface area contributed by atoms with Gasteiger partial charge in [-0.2, -0.15) is 18.3 Å². The minimum atomic E-state index is -4.57. The maximum atomic E-state index is 13.8. The van der Waals surface area contributed by atoms with E-state index in [9.17, 15) is 23.1 Å². The third-order valence-electron chi connectivity index (χ3n) is 5.02. The Morgan fingerprint density at radius 3 is 2.81 bits per heavy atom. The number of alkyl halides is 3. The van der Waals surface area contributed by atoms with E-state index < -0.39 is 30.3 Å². The van der Waals surface area contributed by atoms with Gasteiger partial charge in [-0.1, -0.05) is 29.8 Å². The molecule has 11 heteroatoms. The normalized spacial score (nSPS) is 19.4. The molecule has 3 aromatic rings. The number of halogens is 4. The summed E-state index contributed by atoms with van der Waals surface area (Å²) in [6.07, 6.45) is -5.58. The molecule has 0 radical (unpaired) electrons. The van der Waals surface area contributed by atoms with Crippen LogP contribution in [0.4, 0.5) is 24.7 Å². The lowest BCUT2D eigenvalue weighted by atomic mass is 10.0. The van der Waals surface area contributed by atoms with Crippen LogP contribution in [-0.2, 0) is 0 Å². The zero-order chi connectivity index (χ0) is 22.3. The first-order valence-electron chi connectivity index (χ1n) is 9.39. The number of carbonyl (C=O) groups excluding carboxylic acids is 1. The van der Waals surface area contributed by atoms with Crippen LogP contribution in [0.2, 0.25) is 5.02 Å². The van der Waals surface area contributed by atoms with E-state index in [1.54, 1.807) is 48.7 Å². The van der Waals surface area contributed by atoms with Crippen molar-refractivity contribution in [2.45, 2.75) is 37.7 Å². The summed E-state index contributed by atoms with van der Waals surface area (Å²) in [6.45, 7) is 1.58. The molecule has 3 atom stereocenters. The number of fused-ring (bicyclic) bond motifs is 1. The van der Waals surface area contributed by atoms with Crippen LogP contribution in [0.5, 0.6) is 0 Å². The number of hydrogen-bond donors (Lipinski definition) is 3. The molecule has 31 heavy (non-hydrogen) atoms. The molecule has 0 unspecified atom stereocenters. The van der Waals surface area contributed by atoms with Crippen LogP contribution in [-0.4, -0.2) is 27.0 Å². The number of nitrogens with one attached hydrogen (secondary N) is 2. The molecule has 0 saturated heterocycles. The number of amides is 1. The number of rotatable bonds is 4. The smallest absolute Gasteiger partial charge is 0.389 e. The number of aromatic nitrogens is 2. The Kier molecular flexibility index (Phi) is 5.71. The first-order valence-corrected chi connectivity index (χ1v) is 10.6. The number of benzene rings is 1. The fraction of sp³-hybridized carbons (Fsp3) is 0.300. The fourth-order valence-electron chi connectivity index (χ4n) is 3.48. The van der Waals surface area contributed by atoms with Gasteiger partial charge in [-0.15, -0.1) is 11.3 Å². The fourth-order valence-corrected chi connectivity index (χ4v) is 4.53. The van der Waals surface area contributed by atoms with Gasteiger partial charge < -0.3 is 15.7 Å². The van der Waals surface area contributed by atoms with Crippen LogP contribution in [0.3, 0.4) is 0 Å². The summed E-state index contributed by atoms with van der Waals surface area (Å²) < 4.78 is 42.1. The largest absolute Gasteiger partial charge is 0.410 e. The van der Waals surface area contributed by atoms with E-state index in [2.05, 4.69) is 15.7 Å². The Hall–Kier alpha value is -2.56. The number of aliphatic hydroxyl groups excluding tert-OH is 1. The van der Waals surface area contributed by atoms with Gasteiger partial charge in [-0.05, 0) is 36.1 Å². The highest BCUT2D eigenvalue weighted by atomic mass is 35.5. The molecule has 1 aliphatic rings. The van der Waals surface area contributed by atoms with Crippen molar-refractivity contribution in [3.63, 3.8) is 0 Å². The van der Waals surface area contributed by atoms with E-state index in [0.29, 0.717) is 11.3 Å². The number of aliphatic hydroxyl groups is 1. The Labute approximate surface area is 184 Å². The second-order valence-electron chi connectivity index (χ2n) is 7.22. The molecule has 0 saturated carbocycles. The predicted octanol–water partition coefficient (Wildman–Crippen LogP) is 5.56. The Bertz CT molecular complexity index is 1100. The maximum Gasteiger partial charge on any atom is 0.410 e. The summed E-state index contributed by atoms with van der Waals surface area (Å²) in [6, 6.07) is 7.47. The number of carbonyl (C=O) groups is 1. The lowest BCUT2D eigenvalue weighted by Crippen LogP contribution is -2.35. The van der Waals surface area contributed by atoms with Crippen molar-refractivity contribution < 1.29 is 23.1 Å². The molecule has 0 spiro atoms. The minimum absolute atomic E-state index is 0.0449. The van der Waals surface area contributed by atoms with E-state index in [1.165, 1.54) is 11.3 Å². The molecule has 6 nitrogen and oxygen atoms in total. The molecule has 1 amide bonds. The average molecular weight is 471 g/mol. The second kappa shape index (κ2) is 8.18. The highest BCUT2D eigenvalue weighted by molar-refractivity contribution is 7.10. The van der Waals surface area contributed by atoms with E-state index >= 15 is 0 Å². The van der Waals surface area contributed by atoms with Crippen molar-refractivity contribution in [1.82, 2.24) is 9.78 Å². The molecular formula is C20H18ClF3N4O2S. The summed E-state index contributed by atoms with van der Waals surface area (Å²) in [5.74, 6) is -0.790.